The van der Waals surface area contributed by atoms with E-state index in [2.05, 4.69) is 0 Å². The molecule has 0 aliphatic rings. The highest BCUT2D eigenvalue weighted by molar-refractivity contribution is 6.63. The van der Waals surface area contributed by atoms with Crippen LogP contribution in [0.1, 0.15) is 116 Å². The number of carboxylic acid groups (broad SMARTS) is 1. The van der Waals surface area contributed by atoms with E-state index >= 15 is 0 Å². The average molecular weight is 361 g/mol. The first-order chi connectivity index (χ1) is 11.6. The maximum Gasteiger partial charge on any atom is 0.303 e. The first-order valence-corrected chi connectivity index (χ1v) is 10.4. The number of carbonyl (C=O) groups excluding carboxylic acids is 1. The summed E-state index contributed by atoms with van der Waals surface area (Å²) in [5.74, 6) is -0.669. The molecule has 24 heavy (non-hydrogen) atoms. The molecule has 0 aromatic carbocycles. The van der Waals surface area contributed by atoms with E-state index in [0.717, 1.165) is 25.7 Å². The first kappa shape index (κ1) is 23.4. The van der Waals surface area contributed by atoms with Crippen LogP contribution in [0.25, 0.3) is 0 Å². The molecule has 4 heteroatoms. The largest absolute Gasteiger partial charge is 0.481 e. The lowest BCUT2D eigenvalue weighted by Gasteiger charge is -2.03. The van der Waals surface area contributed by atoms with Gasteiger partial charge in [-0.1, -0.05) is 89.9 Å². The number of halogens is 1. The van der Waals surface area contributed by atoms with Crippen molar-refractivity contribution < 1.29 is 14.7 Å². The van der Waals surface area contributed by atoms with Crippen LogP contribution in [0.3, 0.4) is 0 Å². The second-order valence-corrected chi connectivity index (χ2v) is 7.33. The third-order valence-corrected chi connectivity index (χ3v) is 4.70. The van der Waals surface area contributed by atoms with Crippen molar-refractivity contribution in [1.29, 1.82) is 0 Å². The molecule has 0 aromatic heterocycles. The summed E-state index contributed by atoms with van der Waals surface area (Å²) >= 11 is 5.30. The van der Waals surface area contributed by atoms with E-state index in [1.165, 1.54) is 77.0 Å². The fraction of sp³-hybridized carbons (Fsp3) is 0.900. The van der Waals surface area contributed by atoms with Gasteiger partial charge in [0.2, 0.25) is 5.24 Å². The van der Waals surface area contributed by atoms with Crippen LogP contribution >= 0.6 is 11.6 Å². The lowest BCUT2D eigenvalue weighted by Crippen LogP contribution is -1.93. The summed E-state index contributed by atoms with van der Waals surface area (Å²) in [5.41, 5.74) is 0. The average Bonchev–Trinajstić information content (AvgIpc) is 2.53. The van der Waals surface area contributed by atoms with Gasteiger partial charge in [0, 0.05) is 12.8 Å². The number of rotatable bonds is 19. The van der Waals surface area contributed by atoms with E-state index in [-0.39, 0.29) is 5.24 Å². The topological polar surface area (TPSA) is 54.4 Å². The second-order valence-electron chi connectivity index (χ2n) is 6.91. The standard InChI is InChI=1S/C20H37ClO3/c21-19(22)17-15-13-11-9-7-5-3-1-2-4-6-8-10-12-14-16-18-20(23)24/h1-18H2,(H,23,24). The van der Waals surface area contributed by atoms with Crippen LogP contribution in [-0.4, -0.2) is 16.3 Å². The first-order valence-electron chi connectivity index (χ1n) is 10.0. The molecule has 3 nitrogen and oxygen atoms in total. The van der Waals surface area contributed by atoms with Crippen molar-refractivity contribution in [3.8, 4) is 0 Å². The Hall–Kier alpha value is -0.570. The summed E-state index contributed by atoms with van der Waals surface area (Å²) in [7, 11) is 0. The molecule has 0 radical (unpaired) electrons. The second kappa shape index (κ2) is 18.8. The van der Waals surface area contributed by atoms with Gasteiger partial charge in [-0.15, -0.1) is 0 Å². The summed E-state index contributed by atoms with van der Waals surface area (Å²) < 4.78 is 0. The maximum absolute atomic E-state index is 10.6. The number of hydrogen-bond acceptors (Lipinski definition) is 2. The summed E-state index contributed by atoms with van der Waals surface area (Å²) in [6.07, 6.45) is 20.5. The van der Waals surface area contributed by atoms with Crippen LogP contribution in [0.5, 0.6) is 0 Å². The number of carboxylic acids is 1. The van der Waals surface area contributed by atoms with Gasteiger partial charge in [-0.2, -0.15) is 0 Å². The molecule has 0 bridgehead atoms. The SMILES string of the molecule is O=C(O)CCCCCCCCCCCCCCCCCCC(=O)Cl. The molecule has 0 aliphatic heterocycles. The van der Waals surface area contributed by atoms with Crippen LogP contribution < -0.4 is 0 Å². The molecule has 0 fully saturated rings. The fourth-order valence-corrected chi connectivity index (χ4v) is 3.15. The maximum atomic E-state index is 10.6. The van der Waals surface area contributed by atoms with E-state index in [9.17, 15) is 9.59 Å². The Kier molecular flexibility index (Phi) is 18.3. The van der Waals surface area contributed by atoms with Crippen LogP contribution in [0.2, 0.25) is 0 Å². The van der Waals surface area contributed by atoms with Crippen LogP contribution in [0.15, 0.2) is 0 Å². The van der Waals surface area contributed by atoms with Crippen molar-refractivity contribution in [3.05, 3.63) is 0 Å². The molecule has 0 aromatic rings. The Morgan fingerprint density at radius 1 is 0.500 bits per heavy atom. The molecule has 0 aliphatic carbocycles. The van der Waals surface area contributed by atoms with Gasteiger partial charge >= 0.3 is 5.97 Å². The Balaban J connectivity index is 3.00. The summed E-state index contributed by atoms with van der Waals surface area (Å²) in [6, 6.07) is 0. The number of carbonyl (C=O) groups is 2. The van der Waals surface area contributed by atoms with Gasteiger partial charge in [-0.05, 0) is 24.4 Å². The fourth-order valence-electron chi connectivity index (χ4n) is 3.02. The molecule has 0 heterocycles. The molecule has 0 atom stereocenters. The Morgan fingerprint density at radius 2 is 0.750 bits per heavy atom. The molecule has 0 saturated heterocycles. The quantitative estimate of drug-likeness (QED) is 0.202. The van der Waals surface area contributed by atoms with E-state index in [1.807, 2.05) is 0 Å². The lowest BCUT2D eigenvalue weighted by atomic mass is 10.0. The third-order valence-electron chi connectivity index (χ3n) is 4.51. The van der Waals surface area contributed by atoms with E-state index in [4.69, 9.17) is 16.7 Å². The highest BCUT2D eigenvalue weighted by Crippen LogP contribution is 2.14. The zero-order valence-electron chi connectivity index (χ0n) is 15.4. The Morgan fingerprint density at radius 3 is 1.00 bits per heavy atom. The highest BCUT2D eigenvalue weighted by atomic mass is 35.5. The van der Waals surface area contributed by atoms with Crippen molar-refractivity contribution in [2.24, 2.45) is 0 Å². The lowest BCUT2D eigenvalue weighted by molar-refractivity contribution is -0.137. The molecular formula is C20H37ClO3. The molecular weight excluding hydrogens is 324 g/mol. The zero-order valence-corrected chi connectivity index (χ0v) is 16.1. The van der Waals surface area contributed by atoms with Gasteiger partial charge in [-0.3, -0.25) is 9.59 Å². The molecule has 1 N–H and O–H groups in total. The minimum Gasteiger partial charge on any atom is -0.481 e. The predicted octanol–water partition coefficient (Wildman–Crippen LogP) is 6.86. The van der Waals surface area contributed by atoms with Crippen molar-refractivity contribution >= 4 is 22.8 Å². The van der Waals surface area contributed by atoms with Gasteiger partial charge in [0.05, 0.1) is 0 Å². The Labute approximate surface area is 153 Å². The van der Waals surface area contributed by atoms with Crippen molar-refractivity contribution in [3.63, 3.8) is 0 Å². The van der Waals surface area contributed by atoms with Crippen LogP contribution in [-0.2, 0) is 9.59 Å². The van der Waals surface area contributed by atoms with Crippen molar-refractivity contribution in [2.75, 3.05) is 0 Å². The Bertz CT molecular complexity index is 275. The summed E-state index contributed by atoms with van der Waals surface area (Å²) in [4.78, 5) is 20.9. The van der Waals surface area contributed by atoms with E-state index in [1.54, 1.807) is 0 Å². The molecule has 0 spiro atoms. The molecule has 142 valence electrons. The number of unbranched alkanes of at least 4 members (excludes halogenated alkanes) is 15. The summed E-state index contributed by atoms with van der Waals surface area (Å²) in [6.45, 7) is 0. The van der Waals surface area contributed by atoms with Gasteiger partial charge in [-0.25, -0.2) is 0 Å². The molecule has 0 amide bonds. The minimum atomic E-state index is -0.669. The van der Waals surface area contributed by atoms with Gasteiger partial charge < -0.3 is 5.11 Å². The number of aliphatic carboxylic acids is 1. The normalized spacial score (nSPS) is 10.9. The minimum absolute atomic E-state index is 0.201. The predicted molar refractivity (Wildman–Crippen MR) is 102 cm³/mol. The van der Waals surface area contributed by atoms with Gasteiger partial charge in [0.25, 0.3) is 0 Å². The molecule has 0 unspecified atom stereocenters. The molecule has 0 saturated carbocycles. The van der Waals surface area contributed by atoms with Crippen molar-refractivity contribution in [1.82, 2.24) is 0 Å². The van der Waals surface area contributed by atoms with Gasteiger partial charge in [0.15, 0.2) is 0 Å². The van der Waals surface area contributed by atoms with Crippen molar-refractivity contribution in [2.45, 2.75) is 116 Å². The van der Waals surface area contributed by atoms with Crippen LogP contribution in [0.4, 0.5) is 0 Å². The van der Waals surface area contributed by atoms with E-state index in [0.29, 0.717) is 12.8 Å². The third kappa shape index (κ3) is 21.4. The zero-order chi connectivity index (χ0) is 17.9. The number of hydrogen-bond donors (Lipinski definition) is 1. The molecule has 0 rings (SSSR count). The smallest absolute Gasteiger partial charge is 0.303 e. The summed E-state index contributed by atoms with van der Waals surface area (Å²) in [5, 5.41) is 8.34. The highest BCUT2D eigenvalue weighted by Gasteiger charge is 1.98. The van der Waals surface area contributed by atoms with E-state index < -0.39 is 5.97 Å². The van der Waals surface area contributed by atoms with Gasteiger partial charge in [0.1, 0.15) is 0 Å². The van der Waals surface area contributed by atoms with Crippen LogP contribution in [0, 0.1) is 0 Å². The monoisotopic (exact) mass is 360 g/mol.